The molecule has 1 fully saturated rings. The normalized spacial score (nSPS) is 14.0. The molecular formula is C20H20N2O6. The van der Waals surface area contributed by atoms with Crippen LogP contribution in [0.15, 0.2) is 29.8 Å². The average Bonchev–Trinajstić information content (AvgIpc) is 2.68. The van der Waals surface area contributed by atoms with Crippen LogP contribution in [-0.4, -0.2) is 40.9 Å². The zero-order chi connectivity index (χ0) is 20.3. The van der Waals surface area contributed by atoms with E-state index in [1.165, 1.54) is 20.3 Å². The second-order valence-electron chi connectivity index (χ2n) is 6.26. The predicted octanol–water partition coefficient (Wildman–Crippen LogP) is 3.19. The molecule has 8 nitrogen and oxygen atoms in total. The van der Waals surface area contributed by atoms with Crippen molar-refractivity contribution in [3.8, 4) is 23.5 Å². The van der Waals surface area contributed by atoms with E-state index in [1.807, 2.05) is 6.92 Å². The number of allylic oxidation sites excluding steroid dienone is 1. The fourth-order valence-electron chi connectivity index (χ4n) is 2.87. The summed E-state index contributed by atoms with van der Waals surface area (Å²) in [6.07, 6.45) is 0.940. The molecular weight excluding hydrogens is 364 g/mol. The van der Waals surface area contributed by atoms with Gasteiger partial charge >= 0.3 is 6.01 Å². The van der Waals surface area contributed by atoms with Gasteiger partial charge in [-0.05, 0) is 25.5 Å². The third-order valence-corrected chi connectivity index (χ3v) is 4.27. The number of ether oxygens (including phenoxy) is 3. The number of aliphatic hydroxyl groups excluding tert-OH is 1. The van der Waals surface area contributed by atoms with Gasteiger partial charge in [0, 0.05) is 12.8 Å². The van der Waals surface area contributed by atoms with Crippen LogP contribution in [0.1, 0.15) is 30.4 Å². The number of carbonyl (C=O) groups excluding carboxylic acids is 2. The van der Waals surface area contributed by atoms with Crippen LogP contribution in [0, 0.1) is 6.92 Å². The molecule has 0 bridgehead atoms. The van der Waals surface area contributed by atoms with Gasteiger partial charge in [-0.25, -0.2) is 0 Å². The highest BCUT2D eigenvalue weighted by molar-refractivity contribution is 6.25. The maximum atomic E-state index is 12.2. The Labute approximate surface area is 161 Å². The van der Waals surface area contributed by atoms with Crippen molar-refractivity contribution in [2.24, 2.45) is 0 Å². The number of rotatable bonds is 5. The van der Waals surface area contributed by atoms with Gasteiger partial charge in [0.25, 0.3) is 0 Å². The van der Waals surface area contributed by atoms with Gasteiger partial charge in [0.1, 0.15) is 17.1 Å². The summed E-state index contributed by atoms with van der Waals surface area (Å²) in [5.74, 6) is -0.493. The monoisotopic (exact) mass is 384 g/mol. The van der Waals surface area contributed by atoms with Gasteiger partial charge in [0.15, 0.2) is 11.6 Å². The zero-order valence-corrected chi connectivity index (χ0v) is 15.8. The van der Waals surface area contributed by atoms with E-state index in [2.05, 4.69) is 9.97 Å². The Kier molecular flexibility index (Phi) is 5.58. The van der Waals surface area contributed by atoms with Crippen LogP contribution in [0.25, 0.3) is 5.76 Å². The van der Waals surface area contributed by atoms with Crippen LogP contribution < -0.4 is 14.2 Å². The first kappa shape index (κ1) is 19.3. The summed E-state index contributed by atoms with van der Waals surface area (Å²) in [6, 6.07) is 6.42. The number of ketones is 2. The molecule has 1 aliphatic rings. The van der Waals surface area contributed by atoms with E-state index in [9.17, 15) is 14.7 Å². The Bertz CT molecular complexity index is 927. The zero-order valence-electron chi connectivity index (χ0n) is 15.8. The van der Waals surface area contributed by atoms with E-state index in [-0.39, 0.29) is 59.1 Å². The molecule has 0 saturated heterocycles. The van der Waals surface area contributed by atoms with Crippen molar-refractivity contribution in [3.63, 3.8) is 0 Å². The smallest absolute Gasteiger partial charge is 0.328 e. The third-order valence-electron chi connectivity index (χ3n) is 4.27. The number of nitrogens with zero attached hydrogens (tertiary/aromatic N) is 2. The quantitative estimate of drug-likeness (QED) is 0.476. The Morgan fingerprint density at radius 1 is 1.00 bits per heavy atom. The fraction of sp³-hybridized carbons (Fsp3) is 0.300. The molecule has 1 heterocycles. The van der Waals surface area contributed by atoms with Crippen molar-refractivity contribution in [2.45, 2.75) is 26.2 Å². The van der Waals surface area contributed by atoms with Crippen LogP contribution in [0.2, 0.25) is 0 Å². The lowest BCUT2D eigenvalue weighted by molar-refractivity contribution is -0.123. The minimum atomic E-state index is -0.400. The van der Waals surface area contributed by atoms with E-state index in [0.29, 0.717) is 6.42 Å². The first-order valence-corrected chi connectivity index (χ1v) is 8.68. The van der Waals surface area contributed by atoms with Gasteiger partial charge in [0.05, 0.1) is 25.8 Å². The first-order chi connectivity index (χ1) is 13.4. The number of hydrogen-bond acceptors (Lipinski definition) is 8. The molecule has 1 aliphatic carbocycles. The standard InChI is InChI=1S/C20H20N2O6/c1-11-7-8-15(28-20-21-16(26-2)10-17(22-20)27-3)12(9-11)19(25)18-13(23)5-4-6-14(18)24/h7-10,25H,4-6H2,1-3H3. The summed E-state index contributed by atoms with van der Waals surface area (Å²) in [6.45, 7) is 1.82. The van der Waals surface area contributed by atoms with Crippen molar-refractivity contribution in [1.29, 1.82) is 0 Å². The summed E-state index contributed by atoms with van der Waals surface area (Å²) in [5, 5.41) is 10.7. The van der Waals surface area contributed by atoms with Crippen LogP contribution in [0.5, 0.6) is 23.5 Å². The van der Waals surface area contributed by atoms with Gasteiger partial charge in [-0.15, -0.1) is 0 Å². The molecule has 0 atom stereocenters. The predicted molar refractivity (Wildman–Crippen MR) is 99.8 cm³/mol. The number of aliphatic hydroxyl groups is 1. The molecule has 1 N–H and O–H groups in total. The molecule has 0 aliphatic heterocycles. The highest BCUT2D eigenvalue weighted by Gasteiger charge is 2.29. The Morgan fingerprint density at radius 2 is 1.61 bits per heavy atom. The molecule has 1 aromatic heterocycles. The highest BCUT2D eigenvalue weighted by Crippen LogP contribution is 2.33. The van der Waals surface area contributed by atoms with Crippen molar-refractivity contribution >= 4 is 17.3 Å². The van der Waals surface area contributed by atoms with Gasteiger partial charge in [-0.2, -0.15) is 9.97 Å². The van der Waals surface area contributed by atoms with E-state index in [0.717, 1.165) is 5.56 Å². The average molecular weight is 384 g/mol. The molecule has 0 amide bonds. The number of Topliss-reactive ketones (excluding diaryl/α,β-unsaturated/α-hetero) is 2. The maximum Gasteiger partial charge on any atom is 0.328 e. The Balaban J connectivity index is 2.07. The summed E-state index contributed by atoms with van der Waals surface area (Å²) < 4.78 is 15.9. The number of benzene rings is 1. The van der Waals surface area contributed by atoms with E-state index < -0.39 is 5.76 Å². The summed E-state index contributed by atoms with van der Waals surface area (Å²) in [4.78, 5) is 32.6. The van der Waals surface area contributed by atoms with Crippen LogP contribution >= 0.6 is 0 Å². The highest BCUT2D eigenvalue weighted by atomic mass is 16.5. The van der Waals surface area contributed by atoms with Crippen LogP contribution in [-0.2, 0) is 9.59 Å². The van der Waals surface area contributed by atoms with Gasteiger partial charge in [-0.1, -0.05) is 11.6 Å². The van der Waals surface area contributed by atoms with E-state index in [4.69, 9.17) is 14.2 Å². The van der Waals surface area contributed by atoms with Gasteiger partial charge in [0.2, 0.25) is 11.8 Å². The van der Waals surface area contributed by atoms with Crippen molar-refractivity contribution in [3.05, 3.63) is 41.0 Å². The molecule has 0 unspecified atom stereocenters. The molecule has 1 saturated carbocycles. The lowest BCUT2D eigenvalue weighted by Gasteiger charge is -2.16. The van der Waals surface area contributed by atoms with Crippen molar-refractivity contribution in [1.82, 2.24) is 9.97 Å². The van der Waals surface area contributed by atoms with E-state index in [1.54, 1.807) is 18.2 Å². The SMILES string of the molecule is COc1cc(OC)nc(Oc2ccc(C)cc2C(O)=C2C(=O)CCCC2=O)n1. The molecule has 0 radical (unpaired) electrons. The molecule has 3 rings (SSSR count). The first-order valence-electron chi connectivity index (χ1n) is 8.68. The molecule has 0 spiro atoms. The third kappa shape index (κ3) is 3.95. The lowest BCUT2D eigenvalue weighted by Crippen LogP contribution is -2.20. The number of methoxy groups -OCH3 is 2. The van der Waals surface area contributed by atoms with Crippen LogP contribution in [0.3, 0.4) is 0 Å². The topological polar surface area (TPSA) is 108 Å². The molecule has 8 heteroatoms. The lowest BCUT2D eigenvalue weighted by atomic mass is 9.89. The fourth-order valence-corrected chi connectivity index (χ4v) is 2.87. The minimum Gasteiger partial charge on any atom is -0.506 e. The Morgan fingerprint density at radius 3 is 2.18 bits per heavy atom. The number of hydrogen-bond donors (Lipinski definition) is 1. The summed E-state index contributed by atoms with van der Waals surface area (Å²) in [5.41, 5.74) is 0.837. The maximum absolute atomic E-state index is 12.2. The number of carbonyl (C=O) groups is 2. The number of aryl methyl sites for hydroxylation is 1. The van der Waals surface area contributed by atoms with Crippen LogP contribution in [0.4, 0.5) is 0 Å². The molecule has 146 valence electrons. The van der Waals surface area contributed by atoms with Crippen molar-refractivity contribution < 1.29 is 28.9 Å². The van der Waals surface area contributed by atoms with E-state index >= 15 is 0 Å². The molecule has 1 aromatic carbocycles. The minimum absolute atomic E-state index is 0.0691. The summed E-state index contributed by atoms with van der Waals surface area (Å²) in [7, 11) is 2.89. The second kappa shape index (κ2) is 8.08. The number of aromatic nitrogens is 2. The molecule has 28 heavy (non-hydrogen) atoms. The van der Waals surface area contributed by atoms with Crippen molar-refractivity contribution in [2.75, 3.05) is 14.2 Å². The van der Waals surface area contributed by atoms with Gasteiger partial charge < -0.3 is 19.3 Å². The summed E-state index contributed by atoms with van der Waals surface area (Å²) >= 11 is 0. The van der Waals surface area contributed by atoms with Gasteiger partial charge in [-0.3, -0.25) is 9.59 Å². The largest absolute Gasteiger partial charge is 0.506 e. The molecule has 2 aromatic rings. The Hall–Kier alpha value is -3.42. The second-order valence-corrected chi connectivity index (χ2v) is 6.26.